The third-order valence-corrected chi connectivity index (χ3v) is 3.65. The summed E-state index contributed by atoms with van der Waals surface area (Å²) in [5, 5.41) is 19.3. The summed E-state index contributed by atoms with van der Waals surface area (Å²) in [6.45, 7) is 5.16. The molecule has 0 N–H and O–H groups in total. The molecule has 4 nitrogen and oxygen atoms in total. The van der Waals surface area contributed by atoms with Crippen molar-refractivity contribution in [3.8, 4) is 0 Å². The van der Waals surface area contributed by atoms with Gasteiger partial charge in [0.25, 0.3) is 0 Å². The van der Waals surface area contributed by atoms with E-state index in [9.17, 15) is 9.90 Å². The Labute approximate surface area is 158 Å². The summed E-state index contributed by atoms with van der Waals surface area (Å²) in [4.78, 5) is 19.3. The number of hydrogen-bond acceptors (Lipinski definition) is 4. The first-order chi connectivity index (χ1) is 11.0. The number of carboxylic acid groups (broad SMARTS) is 2. The normalized spacial score (nSPS) is 9.38. The molecule has 145 valence electrons. The van der Waals surface area contributed by atoms with Crippen LogP contribution in [0, 0.1) is 0 Å². The van der Waals surface area contributed by atoms with E-state index in [0.29, 0.717) is 0 Å². The summed E-state index contributed by atoms with van der Waals surface area (Å²) < 4.78 is 0. The molecule has 0 aromatic carbocycles. The van der Waals surface area contributed by atoms with Crippen molar-refractivity contribution >= 4 is 11.9 Å². The van der Waals surface area contributed by atoms with Gasteiger partial charge in [-0.15, -0.1) is 0 Å². The second-order valence-corrected chi connectivity index (χ2v) is 5.89. The van der Waals surface area contributed by atoms with E-state index in [1.54, 1.807) is 0 Å². The number of rotatable bonds is 15. The van der Waals surface area contributed by atoms with Crippen LogP contribution in [0.1, 0.15) is 96.8 Å². The zero-order valence-electron chi connectivity index (χ0n) is 15.1. The van der Waals surface area contributed by atoms with Crippen molar-refractivity contribution in [2.24, 2.45) is 0 Å². The molecular formula is C19H34CuO4. The fourth-order valence-electron chi connectivity index (χ4n) is 2.29. The van der Waals surface area contributed by atoms with Crippen LogP contribution in [0.25, 0.3) is 0 Å². The molecule has 0 aliphatic heterocycles. The van der Waals surface area contributed by atoms with Crippen LogP contribution in [-0.4, -0.2) is 11.9 Å². The predicted molar refractivity (Wildman–Crippen MR) is 90.5 cm³/mol. The summed E-state index contributed by atoms with van der Waals surface area (Å²) in [6, 6.07) is 0. The molecule has 0 aliphatic carbocycles. The van der Waals surface area contributed by atoms with Gasteiger partial charge in [-0.1, -0.05) is 90.6 Å². The zero-order valence-corrected chi connectivity index (χ0v) is 16.1. The van der Waals surface area contributed by atoms with Crippen molar-refractivity contribution < 1.29 is 36.9 Å². The molecule has 24 heavy (non-hydrogen) atoms. The van der Waals surface area contributed by atoms with Crippen molar-refractivity contribution in [3.05, 3.63) is 12.7 Å². The predicted octanol–water partition coefficient (Wildman–Crippen LogP) is 3.14. The summed E-state index contributed by atoms with van der Waals surface area (Å²) in [6.07, 6.45) is 17.7. The maximum absolute atomic E-state index is 10.2. The Morgan fingerprint density at radius 2 is 1.04 bits per heavy atom. The van der Waals surface area contributed by atoms with E-state index in [4.69, 9.17) is 9.90 Å². The first kappa shape index (κ1) is 28.0. The summed E-state index contributed by atoms with van der Waals surface area (Å²) in [7, 11) is 0. The van der Waals surface area contributed by atoms with E-state index < -0.39 is 11.9 Å². The van der Waals surface area contributed by atoms with Gasteiger partial charge in [0.15, 0.2) is 0 Å². The second kappa shape index (κ2) is 24.5. The van der Waals surface area contributed by atoms with Crippen LogP contribution in [-0.2, 0) is 26.7 Å². The van der Waals surface area contributed by atoms with Gasteiger partial charge in [-0.3, -0.25) is 0 Å². The zero-order chi connectivity index (χ0) is 17.8. The van der Waals surface area contributed by atoms with Crippen LogP contribution >= 0.6 is 0 Å². The van der Waals surface area contributed by atoms with E-state index in [2.05, 4.69) is 13.5 Å². The first-order valence-corrected chi connectivity index (χ1v) is 9.07. The van der Waals surface area contributed by atoms with Gasteiger partial charge in [0.05, 0.1) is 5.97 Å². The van der Waals surface area contributed by atoms with Gasteiger partial charge in [-0.2, -0.15) is 0 Å². The second-order valence-electron chi connectivity index (χ2n) is 5.89. The van der Waals surface area contributed by atoms with Crippen LogP contribution in [0.2, 0.25) is 0 Å². The number of unbranched alkanes of at least 4 members (excludes halogenated alkanes) is 12. The van der Waals surface area contributed by atoms with Gasteiger partial charge >= 0.3 is 17.1 Å². The van der Waals surface area contributed by atoms with Gasteiger partial charge in [0, 0.05) is 5.97 Å². The molecule has 0 bridgehead atoms. The fourth-order valence-corrected chi connectivity index (χ4v) is 2.29. The van der Waals surface area contributed by atoms with Gasteiger partial charge < -0.3 is 19.8 Å². The molecule has 0 atom stereocenters. The summed E-state index contributed by atoms with van der Waals surface area (Å²) >= 11 is 0. The molecule has 0 spiro atoms. The molecule has 0 unspecified atom stereocenters. The van der Waals surface area contributed by atoms with Crippen LogP contribution in [0.3, 0.4) is 0 Å². The van der Waals surface area contributed by atoms with E-state index in [1.807, 2.05) is 0 Å². The van der Waals surface area contributed by atoms with E-state index >= 15 is 0 Å². The number of carboxylic acids is 2. The average Bonchev–Trinajstić information content (AvgIpc) is 2.52. The minimum atomic E-state index is -1.23. The number of aliphatic carboxylic acids is 2. The molecule has 0 amide bonds. The Morgan fingerprint density at radius 3 is 1.29 bits per heavy atom. The minimum Gasteiger partial charge on any atom is -0.550 e. The van der Waals surface area contributed by atoms with Gasteiger partial charge in [0.1, 0.15) is 0 Å². The largest absolute Gasteiger partial charge is 2.00 e. The Morgan fingerprint density at radius 1 is 0.750 bits per heavy atom. The molecule has 0 aromatic heterocycles. The topological polar surface area (TPSA) is 80.3 Å². The quantitative estimate of drug-likeness (QED) is 0.245. The summed E-state index contributed by atoms with van der Waals surface area (Å²) in [5.74, 6) is -2.14. The van der Waals surface area contributed by atoms with Crippen LogP contribution < -0.4 is 10.2 Å². The maximum atomic E-state index is 10.2. The van der Waals surface area contributed by atoms with Gasteiger partial charge in [-0.25, -0.2) is 0 Å². The molecule has 0 heterocycles. The summed E-state index contributed by atoms with van der Waals surface area (Å²) in [5.41, 5.74) is 0. The van der Waals surface area contributed by atoms with Crippen molar-refractivity contribution in [2.45, 2.75) is 96.8 Å². The molecule has 0 fully saturated rings. The standard InChI is InChI=1S/C16H32O2.C3H4O2.Cu/c1-2-3-4-5-6-7-8-9-10-11-12-13-14-15-16(17)18;1-2-3(4)5;/h2-15H2,1H3,(H,17,18);2H,1H2,(H,4,5);/q;;+2/p-2. The van der Waals surface area contributed by atoms with Gasteiger partial charge in [-0.05, 0) is 18.9 Å². The fraction of sp³-hybridized carbons (Fsp3) is 0.789. The molecule has 0 saturated carbocycles. The monoisotopic (exact) mass is 389 g/mol. The Bertz CT molecular complexity index is 293. The van der Waals surface area contributed by atoms with E-state index in [1.165, 1.54) is 70.6 Å². The molecule has 5 heteroatoms. The van der Waals surface area contributed by atoms with E-state index in [-0.39, 0.29) is 23.5 Å². The third-order valence-electron chi connectivity index (χ3n) is 3.65. The molecule has 0 saturated heterocycles. The molecule has 0 aromatic rings. The molecule has 1 radical (unpaired) electrons. The molecular weight excluding hydrogens is 356 g/mol. The van der Waals surface area contributed by atoms with Crippen molar-refractivity contribution in [2.75, 3.05) is 0 Å². The number of carbonyl (C=O) groups excluding carboxylic acids is 2. The SMILES string of the molecule is C=CC(=O)[O-].CCCCCCCCCCCCCCCC(=O)[O-].[Cu+2]. The average molecular weight is 390 g/mol. The number of hydrogen-bond donors (Lipinski definition) is 0. The maximum Gasteiger partial charge on any atom is 2.00 e. The van der Waals surface area contributed by atoms with Gasteiger partial charge in [0.2, 0.25) is 0 Å². The smallest absolute Gasteiger partial charge is 0.550 e. The van der Waals surface area contributed by atoms with Crippen molar-refractivity contribution in [3.63, 3.8) is 0 Å². The third kappa shape index (κ3) is 33.0. The number of carbonyl (C=O) groups is 2. The molecule has 0 aliphatic rings. The Kier molecular flexibility index (Phi) is 28.5. The van der Waals surface area contributed by atoms with Crippen LogP contribution in [0.5, 0.6) is 0 Å². The van der Waals surface area contributed by atoms with E-state index in [0.717, 1.165) is 18.9 Å². The van der Waals surface area contributed by atoms with Crippen LogP contribution in [0.15, 0.2) is 12.7 Å². The van der Waals surface area contributed by atoms with Crippen molar-refractivity contribution in [1.82, 2.24) is 0 Å². The minimum absolute atomic E-state index is 0. The Hall–Kier alpha value is -0.801. The first-order valence-electron chi connectivity index (χ1n) is 9.07. The van der Waals surface area contributed by atoms with Crippen LogP contribution in [0.4, 0.5) is 0 Å². The Balaban J connectivity index is -0.000000639. The molecule has 0 rings (SSSR count). The van der Waals surface area contributed by atoms with Crippen molar-refractivity contribution in [1.29, 1.82) is 0 Å².